The van der Waals surface area contributed by atoms with E-state index in [1.807, 2.05) is 25.1 Å². The van der Waals surface area contributed by atoms with Gasteiger partial charge in [-0.3, -0.25) is 9.59 Å². The fourth-order valence-electron chi connectivity index (χ4n) is 2.16. The quantitative estimate of drug-likeness (QED) is 0.823. The summed E-state index contributed by atoms with van der Waals surface area (Å²) in [6, 6.07) is 7.36. The summed E-state index contributed by atoms with van der Waals surface area (Å²) < 4.78 is 0. The lowest BCUT2D eigenvalue weighted by molar-refractivity contribution is -0.136. The molecule has 1 atom stereocenters. The lowest BCUT2D eigenvalue weighted by Crippen LogP contribution is -2.43. The van der Waals surface area contributed by atoms with Crippen LogP contribution in [-0.2, 0) is 16.0 Å². The highest BCUT2D eigenvalue weighted by Gasteiger charge is 2.26. The van der Waals surface area contributed by atoms with E-state index in [0.717, 1.165) is 5.56 Å². The van der Waals surface area contributed by atoms with Gasteiger partial charge in [0.15, 0.2) is 0 Å². The summed E-state index contributed by atoms with van der Waals surface area (Å²) in [4.78, 5) is 25.3. The number of Topliss-reactive ketones (excluding diaryl/α,β-unsaturated/α-hetero) is 1. The number of nitrogens with zero attached hydrogens (tertiary/aromatic N) is 1. The number of carbonyl (C=O) groups excluding carboxylic acids is 2. The third kappa shape index (κ3) is 2.91. The molecule has 1 aromatic rings. The van der Waals surface area contributed by atoms with Crippen molar-refractivity contribution < 1.29 is 9.59 Å². The minimum absolute atomic E-state index is 0.0439. The first-order valence-corrected chi connectivity index (χ1v) is 6.49. The maximum absolute atomic E-state index is 12.1. The Morgan fingerprint density at radius 1 is 1.44 bits per heavy atom. The summed E-state index contributed by atoms with van der Waals surface area (Å²) >= 11 is 6.03. The SMILES string of the molecule is CC1CN(C(=O)Cc2ccccc2Cl)CCC1=O. The molecule has 1 unspecified atom stereocenters. The fourth-order valence-corrected chi connectivity index (χ4v) is 2.36. The second-order valence-corrected chi connectivity index (χ2v) is 5.13. The van der Waals surface area contributed by atoms with Crippen LogP contribution in [0.4, 0.5) is 0 Å². The van der Waals surface area contributed by atoms with Gasteiger partial charge in [-0.1, -0.05) is 36.7 Å². The van der Waals surface area contributed by atoms with Gasteiger partial charge in [0.25, 0.3) is 0 Å². The molecule has 0 radical (unpaired) electrons. The molecule has 1 aliphatic rings. The number of hydrogen-bond donors (Lipinski definition) is 0. The second kappa shape index (κ2) is 5.53. The number of halogens is 1. The Kier molecular flexibility index (Phi) is 4.02. The third-order valence-electron chi connectivity index (χ3n) is 3.32. The van der Waals surface area contributed by atoms with E-state index in [2.05, 4.69) is 0 Å². The largest absolute Gasteiger partial charge is 0.341 e. The topological polar surface area (TPSA) is 37.4 Å². The maximum atomic E-state index is 12.1. The molecule has 0 bridgehead atoms. The Balaban J connectivity index is 2.01. The van der Waals surface area contributed by atoms with Crippen LogP contribution in [0.2, 0.25) is 5.02 Å². The van der Waals surface area contributed by atoms with Crippen LogP contribution >= 0.6 is 11.6 Å². The molecule has 0 spiro atoms. The molecule has 0 aliphatic carbocycles. The van der Waals surface area contributed by atoms with Crippen LogP contribution in [-0.4, -0.2) is 29.7 Å². The summed E-state index contributed by atoms with van der Waals surface area (Å²) in [5.41, 5.74) is 0.841. The first-order valence-electron chi connectivity index (χ1n) is 6.12. The standard InChI is InChI=1S/C14H16ClNO2/c1-10-9-16(7-6-13(10)17)14(18)8-11-4-2-3-5-12(11)15/h2-5,10H,6-9H2,1H3. The van der Waals surface area contributed by atoms with Gasteiger partial charge in [0.2, 0.25) is 5.91 Å². The van der Waals surface area contributed by atoms with Crippen molar-refractivity contribution in [2.75, 3.05) is 13.1 Å². The second-order valence-electron chi connectivity index (χ2n) is 4.73. The number of carbonyl (C=O) groups is 2. The van der Waals surface area contributed by atoms with Crippen LogP contribution in [0, 0.1) is 5.92 Å². The molecule has 0 aromatic heterocycles. The third-order valence-corrected chi connectivity index (χ3v) is 3.69. The molecule has 3 nitrogen and oxygen atoms in total. The van der Waals surface area contributed by atoms with Crippen molar-refractivity contribution in [1.29, 1.82) is 0 Å². The molecule has 18 heavy (non-hydrogen) atoms. The van der Waals surface area contributed by atoms with Gasteiger partial charge in [0.1, 0.15) is 5.78 Å². The van der Waals surface area contributed by atoms with Gasteiger partial charge in [0, 0.05) is 30.5 Å². The normalized spacial score (nSPS) is 20.0. The first-order chi connectivity index (χ1) is 8.58. The van der Waals surface area contributed by atoms with Crippen LogP contribution in [0.5, 0.6) is 0 Å². The molecule has 2 rings (SSSR count). The van der Waals surface area contributed by atoms with E-state index in [1.54, 1.807) is 11.0 Å². The number of piperidine rings is 1. The van der Waals surface area contributed by atoms with E-state index in [9.17, 15) is 9.59 Å². The Morgan fingerprint density at radius 3 is 2.83 bits per heavy atom. The monoisotopic (exact) mass is 265 g/mol. The molecule has 4 heteroatoms. The summed E-state index contributed by atoms with van der Waals surface area (Å²) in [5.74, 6) is 0.244. The van der Waals surface area contributed by atoms with Crippen LogP contribution in [0.3, 0.4) is 0 Å². The molecular formula is C14H16ClNO2. The molecule has 1 fully saturated rings. The van der Waals surface area contributed by atoms with E-state index in [1.165, 1.54) is 0 Å². The van der Waals surface area contributed by atoms with E-state index >= 15 is 0 Å². The van der Waals surface area contributed by atoms with Gasteiger partial charge in [-0.25, -0.2) is 0 Å². The molecule has 1 aliphatic heterocycles. The van der Waals surface area contributed by atoms with Crippen molar-refractivity contribution in [2.45, 2.75) is 19.8 Å². The van der Waals surface area contributed by atoms with Crippen LogP contribution in [0.1, 0.15) is 18.9 Å². The zero-order valence-corrected chi connectivity index (χ0v) is 11.1. The van der Waals surface area contributed by atoms with E-state index in [-0.39, 0.29) is 17.6 Å². The van der Waals surface area contributed by atoms with Crippen molar-refractivity contribution >= 4 is 23.3 Å². The summed E-state index contributed by atoms with van der Waals surface area (Å²) in [6.45, 7) is 2.94. The molecule has 96 valence electrons. The van der Waals surface area contributed by atoms with Gasteiger partial charge >= 0.3 is 0 Å². The van der Waals surface area contributed by atoms with Gasteiger partial charge in [-0.2, -0.15) is 0 Å². The van der Waals surface area contributed by atoms with E-state index in [4.69, 9.17) is 11.6 Å². The van der Waals surface area contributed by atoms with Crippen molar-refractivity contribution in [3.05, 3.63) is 34.9 Å². The molecule has 1 heterocycles. The molecule has 1 saturated heterocycles. The maximum Gasteiger partial charge on any atom is 0.227 e. The summed E-state index contributed by atoms with van der Waals surface area (Å²) in [6.07, 6.45) is 0.774. The minimum Gasteiger partial charge on any atom is -0.341 e. The summed E-state index contributed by atoms with van der Waals surface area (Å²) in [5, 5.41) is 0.618. The Labute approximate surface area is 112 Å². The van der Waals surface area contributed by atoms with Gasteiger partial charge in [-0.15, -0.1) is 0 Å². The highest BCUT2D eigenvalue weighted by molar-refractivity contribution is 6.31. The number of likely N-dealkylation sites (tertiary alicyclic amines) is 1. The van der Waals surface area contributed by atoms with Crippen LogP contribution in [0.25, 0.3) is 0 Å². The highest BCUT2D eigenvalue weighted by Crippen LogP contribution is 2.18. The average molecular weight is 266 g/mol. The molecule has 0 saturated carbocycles. The van der Waals surface area contributed by atoms with E-state index in [0.29, 0.717) is 31.0 Å². The average Bonchev–Trinajstić information content (AvgIpc) is 2.35. The predicted molar refractivity (Wildman–Crippen MR) is 70.5 cm³/mol. The lowest BCUT2D eigenvalue weighted by atomic mass is 9.98. The van der Waals surface area contributed by atoms with Crippen molar-refractivity contribution in [3.63, 3.8) is 0 Å². The zero-order valence-electron chi connectivity index (χ0n) is 10.4. The number of ketones is 1. The molecule has 0 N–H and O–H groups in total. The van der Waals surface area contributed by atoms with Gasteiger partial charge < -0.3 is 4.90 Å². The Hall–Kier alpha value is -1.35. The van der Waals surface area contributed by atoms with Crippen LogP contribution in [0.15, 0.2) is 24.3 Å². The molecule has 1 aromatic carbocycles. The molecule has 1 amide bonds. The smallest absolute Gasteiger partial charge is 0.227 e. The lowest BCUT2D eigenvalue weighted by Gasteiger charge is -2.30. The zero-order chi connectivity index (χ0) is 13.1. The highest BCUT2D eigenvalue weighted by atomic mass is 35.5. The fraction of sp³-hybridized carbons (Fsp3) is 0.429. The Morgan fingerprint density at radius 2 is 2.17 bits per heavy atom. The number of hydrogen-bond acceptors (Lipinski definition) is 2. The predicted octanol–water partition coefficient (Wildman–Crippen LogP) is 2.32. The van der Waals surface area contributed by atoms with Crippen molar-refractivity contribution in [3.8, 4) is 0 Å². The van der Waals surface area contributed by atoms with E-state index < -0.39 is 0 Å². The van der Waals surface area contributed by atoms with Crippen molar-refractivity contribution in [2.24, 2.45) is 5.92 Å². The van der Waals surface area contributed by atoms with Gasteiger partial charge in [-0.05, 0) is 11.6 Å². The minimum atomic E-state index is -0.0473. The van der Waals surface area contributed by atoms with Gasteiger partial charge in [0.05, 0.1) is 6.42 Å². The number of benzene rings is 1. The molecular weight excluding hydrogens is 250 g/mol. The summed E-state index contributed by atoms with van der Waals surface area (Å²) in [7, 11) is 0. The van der Waals surface area contributed by atoms with Crippen molar-refractivity contribution in [1.82, 2.24) is 4.90 Å². The number of amides is 1. The Bertz CT molecular complexity index is 473. The first kappa shape index (κ1) is 13.1. The number of rotatable bonds is 2. The van der Waals surface area contributed by atoms with Crippen LogP contribution < -0.4 is 0 Å².